The van der Waals surface area contributed by atoms with Gasteiger partial charge in [-0.3, -0.25) is 9.59 Å². The predicted octanol–water partition coefficient (Wildman–Crippen LogP) is 2.03. The Labute approximate surface area is 152 Å². The van der Waals surface area contributed by atoms with Crippen LogP contribution in [0.2, 0.25) is 0 Å². The molecule has 0 unspecified atom stereocenters. The van der Waals surface area contributed by atoms with Gasteiger partial charge in [0.25, 0.3) is 0 Å². The molecule has 0 atom stereocenters. The predicted molar refractivity (Wildman–Crippen MR) is 98.6 cm³/mol. The second-order valence-electron chi connectivity index (χ2n) is 4.84. The van der Waals surface area contributed by atoms with Crippen molar-refractivity contribution in [3.8, 4) is 5.75 Å². The second kappa shape index (κ2) is 12.0. The minimum absolute atomic E-state index is 0.0177. The lowest BCUT2D eigenvalue weighted by atomic mass is 10.3. The fourth-order valence-corrected chi connectivity index (χ4v) is 1.93. The molecule has 0 saturated heterocycles. The van der Waals surface area contributed by atoms with Gasteiger partial charge in [0.05, 0.1) is 13.0 Å². The van der Waals surface area contributed by atoms with E-state index in [1.807, 2.05) is 0 Å². The van der Waals surface area contributed by atoms with E-state index in [9.17, 15) is 9.59 Å². The molecule has 2 N–H and O–H groups in total. The number of nitrogens with one attached hydrogen (secondary N) is 2. The molecule has 8 heteroatoms. The molecule has 1 amide bonds. The standard InChI is InChI=1S/C17H22N2O5S/c1-3-9-23-14-6-4-5-13(12-14)18-17(25)19-15(20)7-8-16(21)24-11-10-22-2/h3-6,12H,1,7-11H2,2H3,(H2,18,19,20,25). The average molecular weight is 366 g/mol. The molecule has 7 nitrogen and oxygen atoms in total. The molecule has 0 fully saturated rings. The van der Waals surface area contributed by atoms with Crippen molar-refractivity contribution >= 4 is 34.9 Å². The molecule has 1 aromatic carbocycles. The van der Waals surface area contributed by atoms with Gasteiger partial charge >= 0.3 is 5.97 Å². The van der Waals surface area contributed by atoms with Crippen LogP contribution in [-0.4, -0.2) is 43.9 Å². The van der Waals surface area contributed by atoms with Crippen molar-refractivity contribution in [2.75, 3.05) is 32.2 Å². The first kappa shape index (κ1) is 20.6. The van der Waals surface area contributed by atoms with E-state index in [-0.39, 0.29) is 30.5 Å². The van der Waals surface area contributed by atoms with Gasteiger partial charge in [0.15, 0.2) is 5.11 Å². The Kier molecular flexibility index (Phi) is 9.88. The molecule has 0 bridgehead atoms. The van der Waals surface area contributed by atoms with Gasteiger partial charge in [0, 0.05) is 25.3 Å². The summed E-state index contributed by atoms with van der Waals surface area (Å²) in [6.07, 6.45) is 1.60. The summed E-state index contributed by atoms with van der Waals surface area (Å²) in [5, 5.41) is 5.52. The topological polar surface area (TPSA) is 85.9 Å². The zero-order valence-electron chi connectivity index (χ0n) is 14.1. The Hall–Kier alpha value is -2.45. The van der Waals surface area contributed by atoms with E-state index in [0.717, 1.165) is 0 Å². The molecule has 0 aliphatic carbocycles. The highest BCUT2D eigenvalue weighted by atomic mass is 32.1. The first-order valence-corrected chi connectivity index (χ1v) is 8.05. The summed E-state index contributed by atoms with van der Waals surface area (Å²) in [5.41, 5.74) is 0.672. The fraction of sp³-hybridized carbons (Fsp3) is 0.353. The molecule has 136 valence electrons. The summed E-state index contributed by atoms with van der Waals surface area (Å²) >= 11 is 5.08. The van der Waals surface area contributed by atoms with Gasteiger partial charge in [0.1, 0.15) is 19.0 Å². The highest BCUT2D eigenvalue weighted by Crippen LogP contribution is 2.17. The number of esters is 1. The number of carbonyl (C=O) groups is 2. The first-order valence-electron chi connectivity index (χ1n) is 7.64. The van der Waals surface area contributed by atoms with Gasteiger partial charge in [0.2, 0.25) is 5.91 Å². The maximum absolute atomic E-state index is 11.8. The first-order chi connectivity index (χ1) is 12.0. The summed E-state index contributed by atoms with van der Waals surface area (Å²) in [6.45, 7) is 4.46. The lowest BCUT2D eigenvalue weighted by Crippen LogP contribution is -2.34. The van der Waals surface area contributed by atoms with Crippen molar-refractivity contribution in [1.29, 1.82) is 0 Å². The van der Waals surface area contributed by atoms with E-state index < -0.39 is 5.97 Å². The molecule has 0 aromatic heterocycles. The molecule has 0 heterocycles. The number of rotatable bonds is 10. The van der Waals surface area contributed by atoms with E-state index in [4.69, 9.17) is 26.4 Å². The minimum Gasteiger partial charge on any atom is -0.489 e. The Balaban J connectivity index is 2.34. The van der Waals surface area contributed by atoms with Crippen molar-refractivity contribution in [1.82, 2.24) is 5.32 Å². The molecule has 0 radical (unpaired) electrons. The molecule has 0 aliphatic rings. The third-order valence-electron chi connectivity index (χ3n) is 2.82. The van der Waals surface area contributed by atoms with Gasteiger partial charge in [-0.25, -0.2) is 0 Å². The molecule has 25 heavy (non-hydrogen) atoms. The maximum Gasteiger partial charge on any atom is 0.306 e. The minimum atomic E-state index is -0.460. The van der Waals surface area contributed by atoms with Gasteiger partial charge in [-0.1, -0.05) is 18.7 Å². The highest BCUT2D eigenvalue weighted by Gasteiger charge is 2.10. The van der Waals surface area contributed by atoms with Crippen LogP contribution < -0.4 is 15.4 Å². The Bertz CT molecular complexity index is 606. The lowest BCUT2D eigenvalue weighted by molar-refractivity contribution is -0.146. The fourth-order valence-electron chi connectivity index (χ4n) is 1.70. The SMILES string of the molecule is C=CCOc1cccc(NC(=S)NC(=O)CCC(=O)OCCOC)c1. The number of hydrogen-bond acceptors (Lipinski definition) is 6. The van der Waals surface area contributed by atoms with Crippen LogP contribution in [0.5, 0.6) is 5.75 Å². The molecule has 0 spiro atoms. The van der Waals surface area contributed by atoms with Crippen molar-refractivity contribution in [3.63, 3.8) is 0 Å². The Morgan fingerprint density at radius 3 is 2.80 bits per heavy atom. The molecular formula is C17H22N2O5S. The highest BCUT2D eigenvalue weighted by molar-refractivity contribution is 7.80. The zero-order chi connectivity index (χ0) is 18.5. The number of carbonyl (C=O) groups excluding carboxylic acids is 2. The monoisotopic (exact) mass is 366 g/mol. The van der Waals surface area contributed by atoms with Crippen LogP contribution in [0.25, 0.3) is 0 Å². The number of thiocarbonyl (C=S) groups is 1. The molecule has 0 saturated carbocycles. The van der Waals surface area contributed by atoms with E-state index >= 15 is 0 Å². The molecule has 0 aliphatic heterocycles. The largest absolute Gasteiger partial charge is 0.489 e. The van der Waals surface area contributed by atoms with E-state index in [1.165, 1.54) is 7.11 Å². The van der Waals surface area contributed by atoms with Crippen LogP contribution in [0.4, 0.5) is 5.69 Å². The van der Waals surface area contributed by atoms with Crippen LogP contribution in [0.1, 0.15) is 12.8 Å². The van der Waals surface area contributed by atoms with E-state index in [1.54, 1.807) is 30.3 Å². The number of ether oxygens (including phenoxy) is 3. The summed E-state index contributed by atoms with van der Waals surface area (Å²) < 4.78 is 15.0. The van der Waals surface area contributed by atoms with Crippen molar-refractivity contribution < 1.29 is 23.8 Å². The third-order valence-corrected chi connectivity index (χ3v) is 3.02. The summed E-state index contributed by atoms with van der Waals surface area (Å²) in [6, 6.07) is 7.12. The molecule has 1 aromatic rings. The van der Waals surface area contributed by atoms with Crippen LogP contribution in [0.3, 0.4) is 0 Å². The van der Waals surface area contributed by atoms with Crippen LogP contribution in [0.15, 0.2) is 36.9 Å². The Morgan fingerprint density at radius 2 is 2.08 bits per heavy atom. The number of anilines is 1. The summed E-state index contributed by atoms with van der Waals surface area (Å²) in [7, 11) is 1.51. The zero-order valence-corrected chi connectivity index (χ0v) is 14.9. The average Bonchev–Trinajstić information content (AvgIpc) is 2.58. The third kappa shape index (κ3) is 9.43. The molecular weight excluding hydrogens is 344 g/mol. The van der Waals surface area contributed by atoms with Crippen molar-refractivity contribution in [3.05, 3.63) is 36.9 Å². The van der Waals surface area contributed by atoms with Gasteiger partial charge < -0.3 is 24.8 Å². The van der Waals surface area contributed by atoms with E-state index in [0.29, 0.717) is 24.7 Å². The smallest absolute Gasteiger partial charge is 0.306 e. The second-order valence-corrected chi connectivity index (χ2v) is 5.25. The number of amides is 1. The van der Waals surface area contributed by atoms with Crippen LogP contribution >= 0.6 is 12.2 Å². The van der Waals surface area contributed by atoms with Crippen LogP contribution in [-0.2, 0) is 19.1 Å². The summed E-state index contributed by atoms with van der Waals surface area (Å²) in [5.74, 6) is -0.184. The molecule has 1 rings (SSSR count). The number of benzene rings is 1. The Morgan fingerprint density at radius 1 is 1.28 bits per heavy atom. The quantitative estimate of drug-likeness (QED) is 0.284. The van der Waals surface area contributed by atoms with E-state index in [2.05, 4.69) is 17.2 Å². The number of hydrogen-bond donors (Lipinski definition) is 2. The normalized spacial score (nSPS) is 9.80. The number of methoxy groups -OCH3 is 1. The van der Waals surface area contributed by atoms with Crippen molar-refractivity contribution in [2.24, 2.45) is 0 Å². The van der Waals surface area contributed by atoms with Crippen molar-refractivity contribution in [2.45, 2.75) is 12.8 Å². The van der Waals surface area contributed by atoms with Crippen LogP contribution in [0, 0.1) is 0 Å². The summed E-state index contributed by atoms with van der Waals surface area (Å²) in [4.78, 5) is 23.2. The van der Waals surface area contributed by atoms with Gasteiger partial charge in [-0.05, 0) is 24.4 Å². The lowest BCUT2D eigenvalue weighted by Gasteiger charge is -2.11. The van der Waals surface area contributed by atoms with Gasteiger partial charge in [-0.2, -0.15) is 0 Å². The maximum atomic E-state index is 11.8. The van der Waals surface area contributed by atoms with Gasteiger partial charge in [-0.15, -0.1) is 0 Å².